The fourth-order valence-corrected chi connectivity index (χ4v) is 5.48. The highest BCUT2D eigenvalue weighted by molar-refractivity contribution is 5.10. The zero-order valence-electron chi connectivity index (χ0n) is 12.5. The van der Waals surface area contributed by atoms with E-state index in [0.717, 1.165) is 12.8 Å². The maximum Gasteiger partial charge on any atom is 0.0487 e. The molecule has 0 heterocycles. The van der Waals surface area contributed by atoms with Crippen molar-refractivity contribution in [3.05, 3.63) is 0 Å². The van der Waals surface area contributed by atoms with E-state index in [2.05, 4.69) is 27.7 Å². The number of hydrogen-bond donors (Lipinski definition) is 2. The molecule has 1 unspecified atom stereocenters. The van der Waals surface area contributed by atoms with E-state index < -0.39 is 0 Å². The van der Waals surface area contributed by atoms with Crippen LogP contribution in [0, 0.1) is 28.1 Å². The summed E-state index contributed by atoms with van der Waals surface area (Å²) in [6.45, 7) is 9.96. The number of aliphatic hydroxyl groups is 2. The molecule has 0 saturated heterocycles. The van der Waals surface area contributed by atoms with Gasteiger partial charge < -0.3 is 10.2 Å². The Kier molecular flexibility index (Phi) is 3.57. The van der Waals surface area contributed by atoms with Crippen molar-refractivity contribution in [3.8, 4) is 0 Å². The minimum atomic E-state index is 0.00373. The Hall–Kier alpha value is -0.0800. The molecule has 0 spiro atoms. The monoisotopic (exact) mass is 254 g/mol. The Morgan fingerprint density at radius 3 is 2.28 bits per heavy atom. The molecule has 4 atom stereocenters. The van der Waals surface area contributed by atoms with Crippen molar-refractivity contribution >= 4 is 0 Å². The molecule has 2 fully saturated rings. The summed E-state index contributed by atoms with van der Waals surface area (Å²) in [5.41, 5.74) is 0.694. The van der Waals surface area contributed by atoms with E-state index in [0.29, 0.717) is 22.7 Å². The molecule has 2 N–H and O–H groups in total. The quantitative estimate of drug-likeness (QED) is 0.812. The lowest BCUT2D eigenvalue weighted by atomic mass is 9.55. The third-order valence-corrected chi connectivity index (χ3v) is 6.36. The molecule has 0 aromatic rings. The van der Waals surface area contributed by atoms with Gasteiger partial charge in [0.25, 0.3) is 0 Å². The second-order valence-corrected chi connectivity index (χ2v) is 7.98. The summed E-state index contributed by atoms with van der Waals surface area (Å²) in [5, 5.41) is 19.3. The van der Waals surface area contributed by atoms with Gasteiger partial charge in [0.2, 0.25) is 0 Å². The Morgan fingerprint density at radius 2 is 1.72 bits per heavy atom. The lowest BCUT2D eigenvalue weighted by Gasteiger charge is -2.50. The molecular formula is C16H30O2. The van der Waals surface area contributed by atoms with E-state index >= 15 is 0 Å². The molecule has 2 saturated carbocycles. The average Bonchev–Trinajstić information content (AvgIpc) is 2.52. The van der Waals surface area contributed by atoms with E-state index in [1.165, 1.54) is 19.3 Å². The van der Waals surface area contributed by atoms with Gasteiger partial charge in [0.1, 0.15) is 0 Å². The lowest BCUT2D eigenvalue weighted by molar-refractivity contribution is -0.0168. The summed E-state index contributed by atoms with van der Waals surface area (Å²) in [5.74, 6) is 1.15. The molecule has 0 radical (unpaired) electrons. The van der Waals surface area contributed by atoms with Crippen molar-refractivity contribution in [2.24, 2.45) is 28.1 Å². The van der Waals surface area contributed by atoms with E-state index in [4.69, 9.17) is 0 Å². The fraction of sp³-hybridized carbons (Fsp3) is 1.00. The molecule has 2 heteroatoms. The largest absolute Gasteiger partial charge is 0.396 e. The van der Waals surface area contributed by atoms with Crippen LogP contribution in [-0.4, -0.2) is 23.4 Å². The van der Waals surface area contributed by atoms with Crippen molar-refractivity contribution in [1.82, 2.24) is 0 Å². The zero-order valence-corrected chi connectivity index (χ0v) is 12.5. The molecule has 2 aliphatic rings. The first-order chi connectivity index (χ1) is 8.30. The van der Waals surface area contributed by atoms with E-state index in [1.54, 1.807) is 0 Å². The Balaban J connectivity index is 2.38. The van der Waals surface area contributed by atoms with Crippen LogP contribution in [0.25, 0.3) is 0 Å². The molecule has 2 aliphatic carbocycles. The first kappa shape index (κ1) is 14.3. The highest BCUT2D eigenvalue weighted by atomic mass is 16.3. The summed E-state index contributed by atoms with van der Waals surface area (Å²) in [4.78, 5) is 0. The van der Waals surface area contributed by atoms with Crippen LogP contribution >= 0.6 is 0 Å². The minimum Gasteiger partial charge on any atom is -0.396 e. The molecule has 106 valence electrons. The third-order valence-electron chi connectivity index (χ3n) is 6.36. The normalized spacial score (nSPS) is 47.0. The number of fused-ring (bicyclic) bond motifs is 1. The van der Waals surface area contributed by atoms with Crippen LogP contribution in [-0.2, 0) is 0 Å². The van der Waals surface area contributed by atoms with Crippen molar-refractivity contribution in [1.29, 1.82) is 0 Å². The van der Waals surface area contributed by atoms with Gasteiger partial charge in [0.15, 0.2) is 0 Å². The summed E-state index contributed by atoms with van der Waals surface area (Å²) in [7, 11) is 0. The predicted molar refractivity (Wildman–Crippen MR) is 74.2 cm³/mol. The summed E-state index contributed by atoms with van der Waals surface area (Å²) in [6.07, 6.45) is 5.84. The first-order valence-corrected chi connectivity index (χ1v) is 7.52. The van der Waals surface area contributed by atoms with Crippen LogP contribution in [0.2, 0.25) is 0 Å². The molecule has 0 amide bonds. The summed E-state index contributed by atoms with van der Waals surface area (Å²) < 4.78 is 0. The zero-order chi connectivity index (χ0) is 13.6. The number of rotatable bonds is 3. The van der Waals surface area contributed by atoms with Crippen molar-refractivity contribution < 1.29 is 10.2 Å². The second-order valence-electron chi connectivity index (χ2n) is 7.98. The maximum absolute atomic E-state index is 9.87. The van der Waals surface area contributed by atoms with Crippen LogP contribution in [0.4, 0.5) is 0 Å². The van der Waals surface area contributed by atoms with Gasteiger partial charge in [-0.05, 0) is 53.8 Å². The predicted octanol–water partition coefficient (Wildman–Crippen LogP) is 3.22. The molecule has 0 aliphatic heterocycles. The third kappa shape index (κ3) is 1.92. The molecule has 2 nitrogen and oxygen atoms in total. The maximum atomic E-state index is 9.87. The summed E-state index contributed by atoms with van der Waals surface area (Å²) in [6, 6.07) is 0. The number of aliphatic hydroxyl groups excluding tert-OH is 2. The highest BCUT2D eigenvalue weighted by Gasteiger charge is 2.61. The second kappa shape index (κ2) is 4.49. The smallest absolute Gasteiger partial charge is 0.0487 e. The first-order valence-electron chi connectivity index (χ1n) is 7.52. The topological polar surface area (TPSA) is 40.5 Å². The van der Waals surface area contributed by atoms with Gasteiger partial charge in [0, 0.05) is 13.2 Å². The molecule has 2 rings (SSSR count). The van der Waals surface area contributed by atoms with Crippen LogP contribution in [0.5, 0.6) is 0 Å². The molecule has 0 aromatic heterocycles. The lowest BCUT2D eigenvalue weighted by Crippen LogP contribution is -2.42. The molecule has 18 heavy (non-hydrogen) atoms. The molecule has 0 bridgehead atoms. The highest BCUT2D eigenvalue weighted by Crippen LogP contribution is 2.67. The average molecular weight is 254 g/mol. The van der Waals surface area contributed by atoms with Gasteiger partial charge in [-0.2, -0.15) is 0 Å². The fourth-order valence-electron chi connectivity index (χ4n) is 5.48. The van der Waals surface area contributed by atoms with Gasteiger partial charge >= 0.3 is 0 Å². The SMILES string of the molecule is CC1(C)CCC[C@@]2(C)C1C[C@@](C)(CO)[C@H]2CCO. The van der Waals surface area contributed by atoms with Crippen molar-refractivity contribution in [2.75, 3.05) is 13.2 Å². The van der Waals surface area contributed by atoms with Crippen LogP contribution in [0.3, 0.4) is 0 Å². The molecular weight excluding hydrogens is 224 g/mol. The van der Waals surface area contributed by atoms with Gasteiger partial charge in [-0.15, -0.1) is 0 Å². The van der Waals surface area contributed by atoms with Crippen molar-refractivity contribution in [3.63, 3.8) is 0 Å². The standard InChI is InChI=1S/C16H30O2/c1-14(2)7-5-8-16(4)12(6-9-17)15(3,11-18)10-13(14)16/h12-13,17-18H,5-11H2,1-4H3/t12-,13?,15+,16-/m1/s1. The van der Waals surface area contributed by atoms with Gasteiger partial charge in [-0.1, -0.05) is 34.1 Å². The van der Waals surface area contributed by atoms with Crippen LogP contribution < -0.4 is 0 Å². The minimum absolute atomic E-state index is 0.00373. The van der Waals surface area contributed by atoms with Gasteiger partial charge in [0.05, 0.1) is 0 Å². The van der Waals surface area contributed by atoms with Gasteiger partial charge in [-0.25, -0.2) is 0 Å². The Labute approximate surface area is 112 Å². The van der Waals surface area contributed by atoms with E-state index in [-0.39, 0.29) is 18.6 Å². The van der Waals surface area contributed by atoms with Crippen LogP contribution in [0.1, 0.15) is 59.8 Å². The van der Waals surface area contributed by atoms with E-state index in [9.17, 15) is 10.2 Å². The van der Waals surface area contributed by atoms with Crippen molar-refractivity contribution in [2.45, 2.75) is 59.8 Å². The summed E-state index contributed by atoms with van der Waals surface area (Å²) >= 11 is 0. The van der Waals surface area contributed by atoms with Gasteiger partial charge in [-0.3, -0.25) is 0 Å². The molecule has 0 aromatic carbocycles. The van der Waals surface area contributed by atoms with E-state index in [1.807, 2.05) is 0 Å². The number of hydrogen-bond acceptors (Lipinski definition) is 2. The Morgan fingerprint density at radius 1 is 1.06 bits per heavy atom. The Bertz CT molecular complexity index is 312. The van der Waals surface area contributed by atoms with Crippen LogP contribution in [0.15, 0.2) is 0 Å².